The van der Waals surface area contributed by atoms with E-state index < -0.39 is 15.8 Å². The standard InChI is InChI=1S/C17H17ClO6S/c1-23-17(20)10-24-16-6-3-13(18)8-12(16)7-11-9-14(25(2,21)22)4-5-15(11)19/h3-6,8-9,19H,7,10H2,1-2H3. The summed E-state index contributed by atoms with van der Waals surface area (Å²) in [6, 6.07) is 8.88. The molecule has 0 amide bonds. The summed E-state index contributed by atoms with van der Waals surface area (Å²) in [5, 5.41) is 10.5. The van der Waals surface area contributed by atoms with Crippen LogP contribution < -0.4 is 4.74 Å². The van der Waals surface area contributed by atoms with Gasteiger partial charge in [-0.3, -0.25) is 0 Å². The molecule has 2 aromatic rings. The number of halogens is 1. The minimum atomic E-state index is -3.41. The Kier molecular flexibility index (Phi) is 5.92. The normalized spacial score (nSPS) is 11.2. The fraction of sp³-hybridized carbons (Fsp3) is 0.235. The Labute approximate surface area is 150 Å². The lowest BCUT2D eigenvalue weighted by atomic mass is 10.0. The summed E-state index contributed by atoms with van der Waals surface area (Å²) in [5.41, 5.74) is 0.991. The quantitative estimate of drug-likeness (QED) is 0.770. The highest BCUT2D eigenvalue weighted by atomic mass is 35.5. The van der Waals surface area contributed by atoms with Crippen LogP contribution in [-0.2, 0) is 25.8 Å². The topological polar surface area (TPSA) is 89.9 Å². The van der Waals surface area contributed by atoms with Crippen molar-refractivity contribution < 1.29 is 27.8 Å². The lowest BCUT2D eigenvalue weighted by molar-refractivity contribution is -0.142. The second-order valence-electron chi connectivity index (χ2n) is 5.36. The Morgan fingerprint density at radius 3 is 2.52 bits per heavy atom. The number of ether oxygens (including phenoxy) is 2. The van der Waals surface area contributed by atoms with Crippen LogP contribution in [0.25, 0.3) is 0 Å². The number of sulfone groups is 1. The van der Waals surface area contributed by atoms with Crippen LogP contribution in [0.4, 0.5) is 0 Å². The third-order valence-electron chi connectivity index (χ3n) is 3.46. The molecule has 6 nitrogen and oxygen atoms in total. The van der Waals surface area contributed by atoms with E-state index in [4.69, 9.17) is 16.3 Å². The number of methoxy groups -OCH3 is 1. The molecule has 0 saturated carbocycles. The molecule has 0 bridgehead atoms. The smallest absolute Gasteiger partial charge is 0.343 e. The van der Waals surface area contributed by atoms with E-state index in [1.165, 1.54) is 25.3 Å². The monoisotopic (exact) mass is 384 g/mol. The third kappa shape index (κ3) is 5.11. The number of phenols is 1. The van der Waals surface area contributed by atoms with E-state index in [0.717, 1.165) is 6.26 Å². The molecule has 8 heteroatoms. The number of carbonyl (C=O) groups excluding carboxylic acids is 1. The van der Waals surface area contributed by atoms with E-state index in [0.29, 0.717) is 21.9 Å². The number of hydrogen-bond acceptors (Lipinski definition) is 6. The van der Waals surface area contributed by atoms with Crippen LogP contribution in [0, 0.1) is 0 Å². The zero-order valence-corrected chi connectivity index (χ0v) is 15.2. The maximum atomic E-state index is 11.7. The minimum absolute atomic E-state index is 0.0497. The summed E-state index contributed by atoms with van der Waals surface area (Å²) in [6.07, 6.45) is 1.26. The zero-order valence-electron chi connectivity index (χ0n) is 13.7. The summed E-state index contributed by atoms with van der Waals surface area (Å²) in [5.74, 6) is -0.201. The van der Waals surface area contributed by atoms with Crippen molar-refractivity contribution in [2.24, 2.45) is 0 Å². The number of carbonyl (C=O) groups is 1. The minimum Gasteiger partial charge on any atom is -0.508 e. The van der Waals surface area contributed by atoms with Crippen molar-refractivity contribution in [1.29, 1.82) is 0 Å². The van der Waals surface area contributed by atoms with Gasteiger partial charge in [0, 0.05) is 23.3 Å². The van der Waals surface area contributed by atoms with Gasteiger partial charge in [-0.1, -0.05) is 11.6 Å². The van der Waals surface area contributed by atoms with Crippen molar-refractivity contribution in [3.05, 3.63) is 52.5 Å². The highest BCUT2D eigenvalue weighted by Gasteiger charge is 2.14. The van der Waals surface area contributed by atoms with Crippen molar-refractivity contribution in [1.82, 2.24) is 0 Å². The second-order valence-corrected chi connectivity index (χ2v) is 7.81. The average Bonchev–Trinajstić information content (AvgIpc) is 2.54. The maximum absolute atomic E-state index is 11.7. The molecule has 0 unspecified atom stereocenters. The fourth-order valence-corrected chi connectivity index (χ4v) is 3.03. The van der Waals surface area contributed by atoms with Gasteiger partial charge in [0.2, 0.25) is 0 Å². The van der Waals surface area contributed by atoms with Crippen LogP contribution in [0.3, 0.4) is 0 Å². The van der Waals surface area contributed by atoms with Gasteiger partial charge in [-0.25, -0.2) is 13.2 Å². The number of hydrogen-bond donors (Lipinski definition) is 1. The molecule has 2 aromatic carbocycles. The van der Waals surface area contributed by atoms with Crippen LogP contribution in [0.2, 0.25) is 5.02 Å². The highest BCUT2D eigenvalue weighted by Crippen LogP contribution is 2.30. The molecular formula is C17H17ClO6S. The molecule has 0 aliphatic rings. The van der Waals surface area contributed by atoms with Gasteiger partial charge in [0.15, 0.2) is 16.4 Å². The molecule has 0 aliphatic carbocycles. The molecule has 0 heterocycles. The number of rotatable bonds is 6. The lowest BCUT2D eigenvalue weighted by Gasteiger charge is -2.13. The first-order valence-electron chi connectivity index (χ1n) is 7.20. The lowest BCUT2D eigenvalue weighted by Crippen LogP contribution is -2.13. The van der Waals surface area contributed by atoms with Gasteiger partial charge in [0.05, 0.1) is 12.0 Å². The van der Waals surface area contributed by atoms with E-state index >= 15 is 0 Å². The van der Waals surface area contributed by atoms with Gasteiger partial charge in [-0.15, -0.1) is 0 Å². The number of aromatic hydroxyl groups is 1. The first-order valence-corrected chi connectivity index (χ1v) is 9.47. The first-order chi connectivity index (χ1) is 11.7. The van der Waals surface area contributed by atoms with Gasteiger partial charge < -0.3 is 14.6 Å². The van der Waals surface area contributed by atoms with E-state index in [9.17, 15) is 18.3 Å². The van der Waals surface area contributed by atoms with Gasteiger partial charge in [0.1, 0.15) is 11.5 Å². The number of benzene rings is 2. The van der Waals surface area contributed by atoms with E-state index in [1.807, 2.05) is 0 Å². The predicted octanol–water partition coefficient (Wildman–Crippen LogP) is 2.59. The molecule has 0 atom stereocenters. The SMILES string of the molecule is COC(=O)COc1ccc(Cl)cc1Cc1cc(S(C)(=O)=O)ccc1O. The van der Waals surface area contributed by atoms with Crippen LogP contribution in [0.5, 0.6) is 11.5 Å². The van der Waals surface area contributed by atoms with Crippen molar-refractivity contribution >= 4 is 27.4 Å². The number of phenolic OH excluding ortho intramolecular Hbond substituents is 1. The van der Waals surface area contributed by atoms with Gasteiger partial charge in [0.25, 0.3) is 0 Å². The molecule has 0 spiro atoms. The fourth-order valence-electron chi connectivity index (χ4n) is 2.16. The molecule has 2 rings (SSSR count). The summed E-state index contributed by atoms with van der Waals surface area (Å²) >= 11 is 6.01. The van der Waals surface area contributed by atoms with Gasteiger partial charge in [-0.2, -0.15) is 0 Å². The van der Waals surface area contributed by atoms with Gasteiger partial charge >= 0.3 is 5.97 Å². The molecule has 0 aliphatic heterocycles. The zero-order chi connectivity index (χ0) is 18.6. The second kappa shape index (κ2) is 7.76. The average molecular weight is 385 g/mol. The summed E-state index contributed by atoms with van der Waals surface area (Å²) in [6.45, 7) is -0.277. The Morgan fingerprint density at radius 2 is 1.88 bits per heavy atom. The van der Waals surface area contributed by atoms with Crippen LogP contribution in [-0.4, -0.2) is 39.5 Å². The first kappa shape index (κ1) is 19.1. The molecular weight excluding hydrogens is 368 g/mol. The van der Waals surface area contributed by atoms with Gasteiger partial charge in [-0.05, 0) is 42.0 Å². The third-order valence-corrected chi connectivity index (χ3v) is 4.80. The molecule has 0 saturated heterocycles. The molecule has 0 fully saturated rings. The molecule has 0 aromatic heterocycles. The highest BCUT2D eigenvalue weighted by molar-refractivity contribution is 7.90. The van der Waals surface area contributed by atoms with Crippen molar-refractivity contribution in [2.75, 3.05) is 20.0 Å². The van der Waals surface area contributed by atoms with Crippen LogP contribution in [0.15, 0.2) is 41.3 Å². The number of esters is 1. The summed E-state index contributed by atoms with van der Waals surface area (Å²) in [4.78, 5) is 11.3. The van der Waals surface area contributed by atoms with Crippen molar-refractivity contribution in [3.63, 3.8) is 0 Å². The van der Waals surface area contributed by atoms with E-state index in [-0.39, 0.29) is 23.7 Å². The van der Waals surface area contributed by atoms with E-state index in [2.05, 4.69) is 4.74 Å². The van der Waals surface area contributed by atoms with Crippen molar-refractivity contribution in [2.45, 2.75) is 11.3 Å². The van der Waals surface area contributed by atoms with Crippen molar-refractivity contribution in [3.8, 4) is 11.5 Å². The molecule has 1 N–H and O–H groups in total. The van der Waals surface area contributed by atoms with Crippen LogP contribution >= 0.6 is 11.6 Å². The largest absolute Gasteiger partial charge is 0.508 e. The molecule has 25 heavy (non-hydrogen) atoms. The Hall–Kier alpha value is -2.25. The predicted molar refractivity (Wildman–Crippen MR) is 93.0 cm³/mol. The van der Waals surface area contributed by atoms with Crippen LogP contribution in [0.1, 0.15) is 11.1 Å². The Morgan fingerprint density at radius 1 is 1.16 bits per heavy atom. The Balaban J connectivity index is 2.36. The molecule has 134 valence electrons. The molecule has 0 radical (unpaired) electrons. The summed E-state index contributed by atoms with van der Waals surface area (Å²) < 4.78 is 33.4. The van der Waals surface area contributed by atoms with E-state index in [1.54, 1.807) is 18.2 Å². The maximum Gasteiger partial charge on any atom is 0.343 e. The summed E-state index contributed by atoms with van der Waals surface area (Å²) in [7, 11) is -2.15. The Bertz CT molecular complexity index is 892.